The first-order valence-electron chi connectivity index (χ1n) is 11.4. The lowest BCUT2D eigenvalue weighted by Gasteiger charge is -2.14. The smallest absolute Gasteiger partial charge is 0.407 e. The van der Waals surface area contributed by atoms with Crippen LogP contribution in [0.25, 0.3) is 11.0 Å². The summed E-state index contributed by atoms with van der Waals surface area (Å²) < 4.78 is 16.9. The third-order valence-corrected chi connectivity index (χ3v) is 6.66. The molecular weight excluding hydrogens is 472 g/mol. The number of imidazole rings is 1. The van der Waals surface area contributed by atoms with Gasteiger partial charge in [0.2, 0.25) is 11.9 Å². The Kier molecular flexibility index (Phi) is 7.49. The van der Waals surface area contributed by atoms with Gasteiger partial charge in [-0.05, 0) is 62.7 Å². The molecule has 11 nitrogen and oxygen atoms in total. The summed E-state index contributed by atoms with van der Waals surface area (Å²) in [7, 11) is 1.48. The van der Waals surface area contributed by atoms with Gasteiger partial charge in [-0.15, -0.1) is 0 Å². The number of hydrogen-bond donors (Lipinski definition) is 3. The molecule has 0 unspecified atom stereocenters. The maximum absolute atomic E-state index is 12.9. The molecule has 0 bridgehead atoms. The maximum Gasteiger partial charge on any atom is 0.407 e. The van der Waals surface area contributed by atoms with Crippen molar-refractivity contribution in [3.63, 3.8) is 0 Å². The van der Waals surface area contributed by atoms with Crippen molar-refractivity contribution < 1.29 is 23.9 Å². The first kappa shape index (κ1) is 24.5. The standard InChI is InChI=1S/C23H28N6O5S/c1-13-16(12-35-28-13)21(31)27-22-26-17-10-14(20(24)30)11-18(33-2)19(17)29(22)9-5-8-25-23(32)34-15-6-3-4-7-15/h10-12,15H,3-9H2,1-2H3,(H2,24,30)(H,25,32)(H,26,27,31). The van der Waals surface area contributed by atoms with E-state index in [0.717, 1.165) is 25.7 Å². The van der Waals surface area contributed by atoms with Crippen molar-refractivity contribution in [3.05, 3.63) is 34.3 Å². The molecular formula is C23H28N6O5S. The third kappa shape index (κ3) is 5.53. The summed E-state index contributed by atoms with van der Waals surface area (Å²) in [5, 5.41) is 7.29. The van der Waals surface area contributed by atoms with Crippen LogP contribution in [-0.2, 0) is 11.3 Å². The Hall–Kier alpha value is -3.67. The topological polar surface area (TPSA) is 150 Å². The van der Waals surface area contributed by atoms with Gasteiger partial charge >= 0.3 is 6.09 Å². The summed E-state index contributed by atoms with van der Waals surface area (Å²) in [6.07, 6.45) is 4.08. The first-order valence-corrected chi connectivity index (χ1v) is 12.3. The summed E-state index contributed by atoms with van der Waals surface area (Å²) in [5.74, 6) is -0.286. The highest BCUT2D eigenvalue weighted by Crippen LogP contribution is 2.31. The van der Waals surface area contributed by atoms with Gasteiger partial charge in [-0.1, -0.05) is 0 Å². The van der Waals surface area contributed by atoms with Gasteiger partial charge in [0.15, 0.2) is 0 Å². The number of aromatic nitrogens is 3. The number of nitrogens with one attached hydrogen (secondary N) is 2. The van der Waals surface area contributed by atoms with E-state index in [-0.39, 0.29) is 23.5 Å². The number of methoxy groups -OCH3 is 1. The molecule has 0 saturated heterocycles. The molecule has 1 saturated carbocycles. The number of rotatable bonds is 9. The molecule has 0 aliphatic heterocycles. The predicted octanol–water partition coefficient (Wildman–Crippen LogP) is 3.22. The minimum atomic E-state index is -0.615. The van der Waals surface area contributed by atoms with Crippen LogP contribution < -0.4 is 21.1 Å². The van der Waals surface area contributed by atoms with Crippen LogP contribution in [0, 0.1) is 6.92 Å². The molecule has 186 valence electrons. The Labute approximate surface area is 206 Å². The summed E-state index contributed by atoms with van der Waals surface area (Å²) >= 11 is 1.19. The summed E-state index contributed by atoms with van der Waals surface area (Å²) in [6.45, 7) is 2.53. The van der Waals surface area contributed by atoms with Crippen molar-refractivity contribution in [2.24, 2.45) is 5.73 Å². The van der Waals surface area contributed by atoms with Gasteiger partial charge in [0, 0.05) is 24.0 Å². The van der Waals surface area contributed by atoms with Gasteiger partial charge in [-0.3, -0.25) is 14.9 Å². The largest absolute Gasteiger partial charge is 0.494 e. The number of carbonyl (C=O) groups is 3. The highest BCUT2D eigenvalue weighted by molar-refractivity contribution is 7.04. The number of aryl methyl sites for hydroxylation is 2. The van der Waals surface area contributed by atoms with Crippen LogP contribution in [0.1, 0.15) is 58.5 Å². The molecule has 2 aromatic heterocycles. The minimum Gasteiger partial charge on any atom is -0.494 e. The molecule has 1 aliphatic rings. The number of ether oxygens (including phenoxy) is 2. The Balaban J connectivity index is 1.55. The van der Waals surface area contributed by atoms with E-state index in [1.54, 1.807) is 29.0 Å². The van der Waals surface area contributed by atoms with E-state index in [9.17, 15) is 14.4 Å². The molecule has 4 N–H and O–H groups in total. The second kappa shape index (κ2) is 10.7. The Bertz CT molecular complexity index is 1250. The molecule has 1 aromatic carbocycles. The first-order chi connectivity index (χ1) is 16.9. The van der Waals surface area contributed by atoms with Crippen molar-refractivity contribution in [3.8, 4) is 5.75 Å². The van der Waals surface area contributed by atoms with E-state index in [1.165, 1.54) is 18.6 Å². The predicted molar refractivity (Wildman–Crippen MR) is 131 cm³/mol. The molecule has 0 atom stereocenters. The Morgan fingerprint density at radius 1 is 1.26 bits per heavy atom. The van der Waals surface area contributed by atoms with Crippen LogP contribution in [-0.4, -0.2) is 51.6 Å². The molecule has 4 rings (SSSR count). The lowest BCUT2D eigenvalue weighted by molar-refractivity contribution is 0.0994. The van der Waals surface area contributed by atoms with Gasteiger partial charge in [-0.2, -0.15) is 4.37 Å². The monoisotopic (exact) mass is 500 g/mol. The van der Waals surface area contributed by atoms with Crippen molar-refractivity contribution >= 4 is 46.4 Å². The number of anilines is 1. The molecule has 3 amide bonds. The van der Waals surface area contributed by atoms with Crippen LogP contribution in [0.3, 0.4) is 0 Å². The lowest BCUT2D eigenvalue weighted by Crippen LogP contribution is -2.29. The average Bonchev–Trinajstić information content (AvgIpc) is 3.56. The molecule has 0 radical (unpaired) electrons. The van der Waals surface area contributed by atoms with E-state index >= 15 is 0 Å². The highest BCUT2D eigenvalue weighted by atomic mass is 32.1. The quantitative estimate of drug-likeness (QED) is 0.382. The van der Waals surface area contributed by atoms with Crippen molar-refractivity contribution in [1.82, 2.24) is 19.2 Å². The van der Waals surface area contributed by atoms with Crippen LogP contribution in [0.2, 0.25) is 0 Å². The molecule has 3 aromatic rings. The molecule has 12 heteroatoms. The average molecular weight is 501 g/mol. The fourth-order valence-corrected chi connectivity index (χ4v) is 4.84. The zero-order chi connectivity index (χ0) is 24.9. The summed E-state index contributed by atoms with van der Waals surface area (Å²) in [5.41, 5.74) is 7.82. The van der Waals surface area contributed by atoms with Crippen LogP contribution >= 0.6 is 11.5 Å². The number of alkyl carbamates (subject to hydrolysis) is 1. The molecule has 1 aliphatic carbocycles. The van der Waals surface area contributed by atoms with E-state index < -0.39 is 12.0 Å². The number of carbonyl (C=O) groups excluding carboxylic acids is 3. The van der Waals surface area contributed by atoms with Crippen LogP contribution in [0.5, 0.6) is 5.75 Å². The second-order valence-corrected chi connectivity index (χ2v) is 8.99. The van der Waals surface area contributed by atoms with Crippen molar-refractivity contribution in [1.29, 1.82) is 0 Å². The highest BCUT2D eigenvalue weighted by Gasteiger charge is 2.22. The van der Waals surface area contributed by atoms with Crippen LogP contribution in [0.4, 0.5) is 10.7 Å². The van der Waals surface area contributed by atoms with Crippen molar-refractivity contribution in [2.75, 3.05) is 19.0 Å². The SMILES string of the molecule is COc1cc(C(N)=O)cc2nc(NC(=O)c3csnc3C)n(CCCNC(=O)OC3CCCC3)c12. The fraction of sp³-hybridized carbons (Fsp3) is 0.435. The zero-order valence-electron chi connectivity index (χ0n) is 19.6. The Morgan fingerprint density at radius 2 is 2.03 bits per heavy atom. The van der Waals surface area contributed by atoms with Gasteiger partial charge in [-0.25, -0.2) is 9.78 Å². The molecule has 2 heterocycles. The molecule has 1 fully saturated rings. The molecule has 0 spiro atoms. The normalized spacial score (nSPS) is 13.7. The maximum atomic E-state index is 12.9. The second-order valence-electron chi connectivity index (χ2n) is 8.36. The molecule has 35 heavy (non-hydrogen) atoms. The fourth-order valence-electron chi connectivity index (χ4n) is 4.15. The summed E-state index contributed by atoms with van der Waals surface area (Å²) in [4.78, 5) is 41.3. The van der Waals surface area contributed by atoms with Gasteiger partial charge in [0.25, 0.3) is 5.91 Å². The van der Waals surface area contributed by atoms with Crippen LogP contribution in [0.15, 0.2) is 17.5 Å². The van der Waals surface area contributed by atoms with Gasteiger partial charge in [0.1, 0.15) is 17.4 Å². The number of benzene rings is 1. The van der Waals surface area contributed by atoms with E-state index in [4.69, 9.17) is 15.2 Å². The third-order valence-electron chi connectivity index (χ3n) is 5.93. The number of hydrogen-bond acceptors (Lipinski definition) is 8. The number of fused-ring (bicyclic) bond motifs is 1. The number of nitrogens with zero attached hydrogens (tertiary/aromatic N) is 3. The van der Waals surface area contributed by atoms with E-state index in [1.807, 2.05) is 0 Å². The van der Waals surface area contributed by atoms with Crippen molar-refractivity contribution in [2.45, 2.75) is 51.7 Å². The minimum absolute atomic E-state index is 0.00632. The van der Waals surface area contributed by atoms with E-state index in [0.29, 0.717) is 47.6 Å². The zero-order valence-corrected chi connectivity index (χ0v) is 20.4. The van der Waals surface area contributed by atoms with Gasteiger partial charge in [0.05, 0.1) is 23.9 Å². The Morgan fingerprint density at radius 3 is 2.69 bits per heavy atom. The lowest BCUT2D eigenvalue weighted by atomic mass is 10.1. The number of amides is 3. The summed E-state index contributed by atoms with van der Waals surface area (Å²) in [6, 6.07) is 3.10. The number of nitrogens with two attached hydrogens (primary N) is 1. The van der Waals surface area contributed by atoms with Gasteiger partial charge < -0.3 is 25.1 Å². The van der Waals surface area contributed by atoms with E-state index in [2.05, 4.69) is 20.0 Å². The number of primary amides is 1.